The Balaban J connectivity index is 1.07. The summed E-state index contributed by atoms with van der Waals surface area (Å²) in [5.41, 5.74) is 1.65. The minimum absolute atomic E-state index is 0.0247. The van der Waals surface area contributed by atoms with Gasteiger partial charge < -0.3 is 10.0 Å². The fourth-order valence-electron chi connectivity index (χ4n) is 6.43. The van der Waals surface area contributed by atoms with Gasteiger partial charge in [0.15, 0.2) is 0 Å². The Labute approximate surface area is 308 Å². The monoisotopic (exact) mass is 864 g/mol. The number of pyridine rings is 1. The van der Waals surface area contributed by atoms with Crippen molar-refractivity contribution in [2.75, 3.05) is 31.1 Å². The molecule has 10 nitrogen and oxygen atoms in total. The van der Waals surface area contributed by atoms with Crippen LogP contribution in [-0.2, 0) is 31.3 Å². The number of nitrogens with zero attached hydrogens (tertiary/aromatic N) is 3. The molecule has 4 heterocycles. The molecule has 262 valence electrons. The van der Waals surface area contributed by atoms with Gasteiger partial charge in [0.05, 0.1) is 4.47 Å². The molecule has 1 unspecified atom stereocenters. The number of thiophene rings is 1. The average molecular weight is 867 g/mol. The van der Waals surface area contributed by atoms with Crippen LogP contribution in [0.15, 0.2) is 60.6 Å². The summed E-state index contributed by atoms with van der Waals surface area (Å²) in [7, 11) is -7.66. The number of rotatable bonds is 13. The van der Waals surface area contributed by atoms with Crippen molar-refractivity contribution in [3.63, 3.8) is 0 Å². The third-order valence-electron chi connectivity index (χ3n) is 9.32. The van der Waals surface area contributed by atoms with Crippen LogP contribution >= 0.6 is 54.8 Å². The molecule has 48 heavy (non-hydrogen) atoms. The Kier molecular flexibility index (Phi) is 12.7. The van der Waals surface area contributed by atoms with Gasteiger partial charge in [-0.05, 0) is 106 Å². The predicted octanol–water partition coefficient (Wildman–Crippen LogP) is 7.09. The molecule has 16 heteroatoms. The number of carbonyl (C=O) groups is 1. The number of halogens is 3. The van der Waals surface area contributed by atoms with Gasteiger partial charge in [-0.2, -0.15) is 9.03 Å². The summed E-state index contributed by atoms with van der Waals surface area (Å²) in [6.07, 6.45) is 8.37. The summed E-state index contributed by atoms with van der Waals surface area (Å²) in [6.45, 7) is 4.53. The fourth-order valence-corrected chi connectivity index (χ4v) is 12.3. The number of carboxylic acids is 1. The lowest BCUT2D eigenvalue weighted by Crippen LogP contribution is -2.42. The van der Waals surface area contributed by atoms with Crippen LogP contribution in [0.2, 0.25) is 4.34 Å². The Hall–Kier alpha value is -1.59. The Bertz CT molecular complexity index is 1810. The van der Waals surface area contributed by atoms with Crippen molar-refractivity contribution in [3.8, 4) is 0 Å². The van der Waals surface area contributed by atoms with E-state index in [1.165, 1.54) is 12.3 Å². The van der Waals surface area contributed by atoms with E-state index < -0.39 is 32.1 Å². The van der Waals surface area contributed by atoms with Crippen LogP contribution in [-0.4, -0.2) is 69.4 Å². The maximum absolute atomic E-state index is 13.2. The number of nitrogens with one attached hydrogen (secondary N) is 1. The summed E-state index contributed by atoms with van der Waals surface area (Å²) in [5, 5.41) is 9.74. The molecule has 2 saturated heterocycles. The van der Waals surface area contributed by atoms with Gasteiger partial charge in [-0.3, -0.25) is 4.79 Å². The number of benzene rings is 1. The van der Waals surface area contributed by atoms with Crippen molar-refractivity contribution in [2.45, 2.75) is 73.4 Å². The molecular weight excluding hydrogens is 828 g/mol. The zero-order valence-corrected chi connectivity index (χ0v) is 32.8. The minimum Gasteiger partial charge on any atom is -0.480 e. The number of carboxylic acid groups (broad SMARTS) is 1. The molecule has 2 N–H and O–H groups in total. The van der Waals surface area contributed by atoms with E-state index in [-0.39, 0.29) is 15.5 Å². The molecule has 2 aliphatic heterocycles. The first-order valence-electron chi connectivity index (χ1n) is 15.9. The molecular formula is C32H39Br2ClN4O6S3. The number of anilines is 1. The lowest BCUT2D eigenvalue weighted by atomic mass is 9.87. The third kappa shape index (κ3) is 9.19. The molecule has 5 rings (SSSR count). The van der Waals surface area contributed by atoms with Crippen molar-refractivity contribution < 1.29 is 26.7 Å². The van der Waals surface area contributed by atoms with Crippen LogP contribution in [0.5, 0.6) is 0 Å². The maximum atomic E-state index is 13.2. The van der Waals surface area contributed by atoms with Gasteiger partial charge in [0.25, 0.3) is 10.0 Å². The topological polar surface area (TPSA) is 137 Å². The SMILES string of the molecule is Cc1ccccc1CC(NS(=O)(=O)c1cnc(N2CCC(CCCC3CCN(S(=O)(=O)c4cc(Br)c(Cl)s4)CC3)CC2)c(Br)c1)C(=O)O. The molecule has 3 aromatic rings. The highest BCUT2D eigenvalue weighted by Gasteiger charge is 2.32. The van der Waals surface area contributed by atoms with Crippen molar-refractivity contribution in [3.05, 3.63) is 67.0 Å². The zero-order valence-electron chi connectivity index (χ0n) is 26.4. The molecule has 0 saturated carbocycles. The highest BCUT2D eigenvalue weighted by molar-refractivity contribution is 9.11. The van der Waals surface area contributed by atoms with Gasteiger partial charge in [0, 0.05) is 36.8 Å². The predicted molar refractivity (Wildman–Crippen MR) is 196 cm³/mol. The maximum Gasteiger partial charge on any atom is 0.322 e. The Morgan fingerprint density at radius 2 is 1.65 bits per heavy atom. The summed E-state index contributed by atoms with van der Waals surface area (Å²) < 4.78 is 58.2. The van der Waals surface area contributed by atoms with Crippen molar-refractivity contribution in [2.24, 2.45) is 11.8 Å². The van der Waals surface area contributed by atoms with Crippen LogP contribution in [0, 0.1) is 18.8 Å². The quantitative estimate of drug-likeness (QED) is 0.186. The molecule has 2 aliphatic rings. The molecule has 0 aliphatic carbocycles. The smallest absolute Gasteiger partial charge is 0.322 e. The van der Waals surface area contributed by atoms with Gasteiger partial charge in [-0.25, -0.2) is 21.8 Å². The van der Waals surface area contributed by atoms with E-state index >= 15 is 0 Å². The second kappa shape index (κ2) is 16.2. The normalized spacial score (nSPS) is 17.9. The van der Waals surface area contributed by atoms with Gasteiger partial charge >= 0.3 is 5.97 Å². The molecule has 1 aromatic carbocycles. The van der Waals surface area contributed by atoms with Gasteiger partial charge in [0.1, 0.15) is 25.3 Å². The number of piperidine rings is 2. The zero-order chi connectivity index (χ0) is 34.6. The first-order valence-corrected chi connectivity index (χ1v) is 21.6. The van der Waals surface area contributed by atoms with E-state index in [0.717, 1.165) is 80.5 Å². The number of hydrogen-bond donors (Lipinski definition) is 2. The summed E-state index contributed by atoms with van der Waals surface area (Å²) in [5.74, 6) is 0.528. The molecule has 1 atom stereocenters. The molecule has 0 radical (unpaired) electrons. The van der Waals surface area contributed by atoms with Crippen molar-refractivity contribution in [1.82, 2.24) is 14.0 Å². The highest BCUT2D eigenvalue weighted by atomic mass is 79.9. The van der Waals surface area contributed by atoms with Gasteiger partial charge in [-0.15, -0.1) is 11.3 Å². The largest absolute Gasteiger partial charge is 0.480 e. The standard InChI is InChI=1S/C32H39Br2ClN4O6S3/c1-21-5-2-3-8-24(21)17-28(32(40)41)37-47(42,43)25-18-27(34)31(36-20-25)38-13-9-22(10-14-38)6-4-7-23-11-15-39(16-12-23)48(44,45)29-19-26(33)30(35)46-29/h2-3,5,8,18-20,22-23,28,37H,4,6-7,9-17H2,1H3,(H,40,41). The number of aromatic nitrogens is 1. The van der Waals surface area contributed by atoms with Gasteiger partial charge in [-0.1, -0.05) is 55.1 Å². The molecule has 0 bridgehead atoms. The van der Waals surface area contributed by atoms with Crippen LogP contribution in [0.25, 0.3) is 0 Å². The third-order valence-corrected chi connectivity index (χ3v) is 16.2. The first kappa shape index (κ1) is 37.7. The van der Waals surface area contributed by atoms with Gasteiger partial charge in [0.2, 0.25) is 10.0 Å². The van der Waals surface area contributed by atoms with E-state index in [1.807, 2.05) is 19.1 Å². The van der Waals surface area contributed by atoms with Crippen molar-refractivity contribution >= 4 is 86.6 Å². The number of aryl methyl sites for hydroxylation is 1. The Morgan fingerprint density at radius 1 is 1.02 bits per heavy atom. The summed E-state index contributed by atoms with van der Waals surface area (Å²) >= 11 is 14.0. The molecule has 0 amide bonds. The number of aliphatic carboxylic acids is 1. The first-order chi connectivity index (χ1) is 22.7. The molecule has 2 fully saturated rings. The highest BCUT2D eigenvalue weighted by Crippen LogP contribution is 2.37. The summed E-state index contributed by atoms with van der Waals surface area (Å²) in [6, 6.07) is 9.04. The summed E-state index contributed by atoms with van der Waals surface area (Å²) in [4.78, 5) is 18.5. The van der Waals surface area contributed by atoms with E-state index in [2.05, 4.69) is 46.5 Å². The van der Waals surface area contributed by atoms with E-state index in [1.54, 1.807) is 22.5 Å². The molecule has 2 aromatic heterocycles. The fraction of sp³-hybridized carbons (Fsp3) is 0.500. The van der Waals surface area contributed by atoms with E-state index in [0.29, 0.717) is 44.0 Å². The second-order valence-electron chi connectivity index (χ2n) is 12.5. The van der Waals surface area contributed by atoms with Crippen LogP contribution in [0.1, 0.15) is 56.1 Å². The van der Waals surface area contributed by atoms with E-state index in [9.17, 15) is 26.7 Å². The Morgan fingerprint density at radius 3 is 2.21 bits per heavy atom. The lowest BCUT2D eigenvalue weighted by Gasteiger charge is -2.34. The van der Waals surface area contributed by atoms with Crippen LogP contribution in [0.3, 0.4) is 0 Å². The van der Waals surface area contributed by atoms with E-state index in [4.69, 9.17) is 11.6 Å². The lowest BCUT2D eigenvalue weighted by molar-refractivity contribution is -0.138. The second-order valence-corrected chi connectivity index (χ2v) is 19.8. The average Bonchev–Trinajstić information content (AvgIpc) is 3.40. The number of hydrogen-bond acceptors (Lipinski definition) is 8. The van der Waals surface area contributed by atoms with Crippen molar-refractivity contribution in [1.29, 1.82) is 0 Å². The molecule has 0 spiro atoms. The van der Waals surface area contributed by atoms with Crippen LogP contribution in [0.4, 0.5) is 5.82 Å². The van der Waals surface area contributed by atoms with Crippen LogP contribution < -0.4 is 9.62 Å². The number of sulfonamides is 2. The minimum atomic E-state index is -4.14.